The Balaban J connectivity index is 1.48. The van der Waals surface area contributed by atoms with Crippen LogP contribution in [0.2, 0.25) is 0 Å². The first kappa shape index (κ1) is 18.6. The molecule has 4 aromatic rings. The van der Waals surface area contributed by atoms with Crippen LogP contribution in [0.15, 0.2) is 91.5 Å². The lowest BCUT2D eigenvalue weighted by Gasteiger charge is -2.25. The van der Waals surface area contributed by atoms with Crippen molar-refractivity contribution >= 4 is 5.91 Å². The summed E-state index contributed by atoms with van der Waals surface area (Å²) in [6, 6.07) is 25.9. The first-order valence-corrected chi connectivity index (χ1v) is 9.51. The maximum atomic E-state index is 13.0. The lowest BCUT2D eigenvalue weighted by Crippen LogP contribution is -2.29. The average molecular weight is 382 g/mol. The molecule has 0 spiro atoms. The second kappa shape index (κ2) is 8.10. The van der Waals surface area contributed by atoms with Gasteiger partial charge in [-0.25, -0.2) is 9.67 Å². The van der Waals surface area contributed by atoms with Crippen molar-refractivity contribution in [2.24, 2.45) is 0 Å². The third-order valence-electron chi connectivity index (χ3n) is 5.20. The minimum Gasteiger partial charge on any atom is -0.335 e. The highest BCUT2D eigenvalue weighted by Gasteiger charge is 2.19. The summed E-state index contributed by atoms with van der Waals surface area (Å²) in [5.41, 5.74) is 4.91. The highest BCUT2D eigenvalue weighted by Crippen LogP contribution is 2.24. The van der Waals surface area contributed by atoms with E-state index in [1.54, 1.807) is 15.9 Å². The van der Waals surface area contributed by atoms with E-state index in [-0.39, 0.29) is 11.9 Å². The number of hydrogen-bond donors (Lipinski definition) is 0. The van der Waals surface area contributed by atoms with Gasteiger partial charge in [-0.3, -0.25) is 4.79 Å². The molecule has 5 heteroatoms. The topological polar surface area (TPSA) is 51.0 Å². The Bertz CT molecular complexity index is 1070. The molecule has 0 aliphatic rings. The van der Waals surface area contributed by atoms with Gasteiger partial charge in [-0.05, 0) is 47.9 Å². The smallest absolute Gasteiger partial charge is 0.254 e. The van der Waals surface area contributed by atoms with Gasteiger partial charge in [-0.1, -0.05) is 54.6 Å². The van der Waals surface area contributed by atoms with Crippen molar-refractivity contribution in [1.29, 1.82) is 0 Å². The lowest BCUT2D eigenvalue weighted by atomic mass is 10.0. The Morgan fingerprint density at radius 1 is 0.897 bits per heavy atom. The zero-order chi connectivity index (χ0) is 20.2. The van der Waals surface area contributed by atoms with Crippen LogP contribution in [0.25, 0.3) is 16.8 Å². The van der Waals surface area contributed by atoms with E-state index in [9.17, 15) is 4.79 Å². The summed E-state index contributed by atoms with van der Waals surface area (Å²) in [5, 5.41) is 4.13. The molecule has 0 bridgehead atoms. The molecule has 1 aromatic heterocycles. The SMILES string of the molecule is CC(c1ccc(-n2cncn2)cc1)N(C)C(=O)c1ccc(-c2ccccc2)cc1. The Morgan fingerprint density at radius 2 is 1.55 bits per heavy atom. The van der Waals surface area contributed by atoms with E-state index >= 15 is 0 Å². The van der Waals surface area contributed by atoms with Crippen molar-refractivity contribution < 1.29 is 4.79 Å². The molecule has 0 saturated heterocycles. The molecule has 0 aliphatic carbocycles. The molecule has 5 nitrogen and oxygen atoms in total. The predicted molar refractivity (Wildman–Crippen MR) is 114 cm³/mol. The first-order valence-electron chi connectivity index (χ1n) is 9.51. The Labute approximate surface area is 170 Å². The van der Waals surface area contributed by atoms with Crippen LogP contribution >= 0.6 is 0 Å². The van der Waals surface area contributed by atoms with Gasteiger partial charge in [0.2, 0.25) is 0 Å². The summed E-state index contributed by atoms with van der Waals surface area (Å²) >= 11 is 0. The van der Waals surface area contributed by atoms with Crippen molar-refractivity contribution in [3.63, 3.8) is 0 Å². The third-order valence-corrected chi connectivity index (χ3v) is 5.20. The van der Waals surface area contributed by atoms with Crippen LogP contribution in [0.5, 0.6) is 0 Å². The second-order valence-electron chi connectivity index (χ2n) is 6.97. The van der Waals surface area contributed by atoms with Gasteiger partial charge in [0.05, 0.1) is 11.7 Å². The van der Waals surface area contributed by atoms with Gasteiger partial charge in [0.1, 0.15) is 12.7 Å². The van der Waals surface area contributed by atoms with Crippen LogP contribution in [0.1, 0.15) is 28.9 Å². The Morgan fingerprint density at radius 3 is 2.17 bits per heavy atom. The fourth-order valence-corrected chi connectivity index (χ4v) is 3.29. The maximum absolute atomic E-state index is 13.0. The Hall–Kier alpha value is -3.73. The highest BCUT2D eigenvalue weighted by molar-refractivity contribution is 5.94. The van der Waals surface area contributed by atoms with Crippen LogP contribution in [-0.2, 0) is 0 Å². The molecule has 1 amide bonds. The number of aromatic nitrogens is 3. The average Bonchev–Trinajstić information content (AvgIpc) is 3.33. The monoisotopic (exact) mass is 382 g/mol. The van der Waals surface area contributed by atoms with E-state index < -0.39 is 0 Å². The van der Waals surface area contributed by atoms with Gasteiger partial charge < -0.3 is 4.90 Å². The number of nitrogens with zero attached hydrogens (tertiary/aromatic N) is 4. The standard InChI is InChI=1S/C24H22N4O/c1-18(19-12-14-23(15-13-19)28-17-25-16-26-28)27(2)24(29)22-10-8-21(9-11-22)20-6-4-3-5-7-20/h3-18H,1-2H3. The molecule has 1 atom stereocenters. The largest absolute Gasteiger partial charge is 0.335 e. The summed E-state index contributed by atoms with van der Waals surface area (Å²) in [6.07, 6.45) is 3.17. The number of hydrogen-bond acceptors (Lipinski definition) is 3. The molecule has 3 aromatic carbocycles. The van der Waals surface area contributed by atoms with E-state index in [0.717, 1.165) is 22.4 Å². The summed E-state index contributed by atoms with van der Waals surface area (Å²) < 4.78 is 1.71. The van der Waals surface area contributed by atoms with Gasteiger partial charge in [-0.15, -0.1) is 0 Å². The van der Waals surface area contributed by atoms with Gasteiger partial charge in [0.15, 0.2) is 0 Å². The van der Waals surface area contributed by atoms with E-state index in [2.05, 4.69) is 22.2 Å². The van der Waals surface area contributed by atoms with E-state index in [1.807, 2.05) is 80.7 Å². The second-order valence-corrected chi connectivity index (χ2v) is 6.97. The number of carbonyl (C=O) groups is 1. The van der Waals surface area contributed by atoms with Gasteiger partial charge >= 0.3 is 0 Å². The quantitative estimate of drug-likeness (QED) is 0.500. The van der Waals surface area contributed by atoms with Crippen molar-refractivity contribution in [3.05, 3.63) is 103 Å². The zero-order valence-corrected chi connectivity index (χ0v) is 16.4. The van der Waals surface area contributed by atoms with Crippen LogP contribution in [-0.4, -0.2) is 32.6 Å². The zero-order valence-electron chi connectivity index (χ0n) is 16.4. The van der Waals surface area contributed by atoms with Crippen LogP contribution < -0.4 is 0 Å². The van der Waals surface area contributed by atoms with Crippen LogP contribution in [0.4, 0.5) is 0 Å². The van der Waals surface area contributed by atoms with Crippen molar-refractivity contribution in [2.75, 3.05) is 7.05 Å². The van der Waals surface area contributed by atoms with E-state index in [1.165, 1.54) is 6.33 Å². The van der Waals surface area contributed by atoms with Crippen LogP contribution in [0, 0.1) is 0 Å². The van der Waals surface area contributed by atoms with E-state index in [0.29, 0.717) is 5.56 Å². The highest BCUT2D eigenvalue weighted by atomic mass is 16.2. The first-order chi connectivity index (χ1) is 14.1. The molecular formula is C24H22N4O. The summed E-state index contributed by atoms with van der Waals surface area (Å²) in [7, 11) is 1.84. The van der Waals surface area contributed by atoms with Gasteiger partial charge in [0.25, 0.3) is 5.91 Å². The molecule has 1 heterocycles. The molecule has 0 saturated carbocycles. The van der Waals surface area contributed by atoms with Crippen LogP contribution in [0.3, 0.4) is 0 Å². The molecule has 0 aliphatic heterocycles. The van der Waals surface area contributed by atoms with Gasteiger partial charge in [-0.2, -0.15) is 5.10 Å². The summed E-state index contributed by atoms with van der Waals surface area (Å²) in [6.45, 7) is 2.03. The van der Waals surface area contributed by atoms with Crippen molar-refractivity contribution in [1.82, 2.24) is 19.7 Å². The normalized spacial score (nSPS) is 11.8. The molecule has 0 N–H and O–H groups in total. The number of amides is 1. The third kappa shape index (κ3) is 3.94. The summed E-state index contributed by atoms with van der Waals surface area (Å²) in [4.78, 5) is 18.7. The van der Waals surface area contributed by atoms with Crippen molar-refractivity contribution in [3.8, 4) is 16.8 Å². The number of carbonyl (C=O) groups excluding carboxylic acids is 1. The van der Waals surface area contributed by atoms with E-state index in [4.69, 9.17) is 0 Å². The lowest BCUT2D eigenvalue weighted by molar-refractivity contribution is 0.0742. The number of rotatable bonds is 5. The molecular weight excluding hydrogens is 360 g/mol. The minimum absolute atomic E-state index is 0.00235. The molecule has 29 heavy (non-hydrogen) atoms. The van der Waals surface area contributed by atoms with Crippen molar-refractivity contribution in [2.45, 2.75) is 13.0 Å². The fourth-order valence-electron chi connectivity index (χ4n) is 3.29. The fraction of sp³-hybridized carbons (Fsp3) is 0.125. The molecule has 1 unspecified atom stereocenters. The summed E-state index contributed by atoms with van der Waals surface area (Å²) in [5.74, 6) is -0.00235. The maximum Gasteiger partial charge on any atom is 0.254 e. The molecule has 0 radical (unpaired) electrons. The Kier molecular flexibility index (Phi) is 5.20. The minimum atomic E-state index is -0.0545. The molecule has 4 rings (SSSR count). The molecule has 144 valence electrons. The predicted octanol–water partition coefficient (Wildman–Crippen LogP) is 4.77. The van der Waals surface area contributed by atoms with Gasteiger partial charge in [0, 0.05) is 12.6 Å². The number of benzene rings is 3. The molecule has 0 fully saturated rings.